The van der Waals surface area contributed by atoms with Crippen LogP contribution in [0, 0.1) is 0 Å². The molecule has 5 nitrogen and oxygen atoms in total. The average Bonchev–Trinajstić information content (AvgIpc) is 2.72. The summed E-state index contributed by atoms with van der Waals surface area (Å²) in [7, 11) is -4.88. The first-order valence-electron chi connectivity index (χ1n) is 11.4. The Morgan fingerprint density at radius 2 is 1.00 bits per heavy atom. The topological polar surface area (TPSA) is 46.2 Å². The van der Waals surface area contributed by atoms with E-state index < -0.39 is 17.4 Å². The first-order valence-corrected chi connectivity index (χ1v) is 15.3. The van der Waals surface area contributed by atoms with E-state index in [2.05, 4.69) is 38.1 Å². The minimum atomic E-state index is -2.51. The fraction of sp³-hybridized carbons (Fsp3) is 0.727. The lowest BCUT2D eigenvalue weighted by molar-refractivity contribution is 0.0706. The van der Waals surface area contributed by atoms with Gasteiger partial charge in [-0.15, -0.1) is 0 Å². The SMILES string of the molecule is CCO[Si](CCCCCC[Si](OCC)(OCC)c1ccccc1)(OCC)OCC. The number of benzene rings is 1. The molecule has 1 aromatic rings. The van der Waals surface area contributed by atoms with E-state index in [-0.39, 0.29) is 0 Å². The molecule has 0 aliphatic rings. The number of rotatable bonds is 18. The van der Waals surface area contributed by atoms with Gasteiger partial charge in [-0.05, 0) is 52.3 Å². The Balaban J connectivity index is 2.58. The van der Waals surface area contributed by atoms with Crippen LogP contribution in [0.2, 0.25) is 12.1 Å². The number of hydrogen-bond acceptors (Lipinski definition) is 5. The molecule has 0 saturated heterocycles. The van der Waals surface area contributed by atoms with Crippen LogP contribution in [0.4, 0.5) is 0 Å². The highest BCUT2D eigenvalue weighted by Crippen LogP contribution is 2.23. The van der Waals surface area contributed by atoms with Crippen LogP contribution in [-0.4, -0.2) is 50.4 Å². The predicted molar refractivity (Wildman–Crippen MR) is 124 cm³/mol. The van der Waals surface area contributed by atoms with Crippen LogP contribution in [0.3, 0.4) is 0 Å². The largest absolute Gasteiger partial charge is 0.500 e. The maximum absolute atomic E-state index is 6.28. The van der Waals surface area contributed by atoms with Gasteiger partial charge in [0, 0.05) is 39.1 Å². The van der Waals surface area contributed by atoms with Crippen molar-refractivity contribution in [1.82, 2.24) is 0 Å². The molecule has 7 heteroatoms. The lowest BCUT2D eigenvalue weighted by Crippen LogP contribution is -2.53. The lowest BCUT2D eigenvalue weighted by atomic mass is 10.2. The van der Waals surface area contributed by atoms with Gasteiger partial charge in [-0.2, -0.15) is 0 Å². The van der Waals surface area contributed by atoms with Crippen molar-refractivity contribution in [2.75, 3.05) is 33.0 Å². The number of unbranched alkanes of at least 4 members (excludes halogenated alkanes) is 3. The zero-order valence-electron chi connectivity index (χ0n) is 19.2. The van der Waals surface area contributed by atoms with Crippen LogP contribution in [0.5, 0.6) is 0 Å². The van der Waals surface area contributed by atoms with E-state index in [0.29, 0.717) is 33.0 Å². The minimum Gasteiger partial charge on any atom is -0.391 e. The number of hydrogen-bond donors (Lipinski definition) is 0. The van der Waals surface area contributed by atoms with Gasteiger partial charge in [-0.25, -0.2) is 0 Å². The summed E-state index contributed by atoms with van der Waals surface area (Å²) < 4.78 is 30.4. The van der Waals surface area contributed by atoms with Crippen LogP contribution >= 0.6 is 0 Å². The molecule has 168 valence electrons. The van der Waals surface area contributed by atoms with Crippen molar-refractivity contribution in [2.45, 2.75) is 72.4 Å². The van der Waals surface area contributed by atoms with Gasteiger partial charge in [0.15, 0.2) is 0 Å². The second-order valence-corrected chi connectivity index (χ2v) is 12.8. The third kappa shape index (κ3) is 9.00. The third-order valence-corrected chi connectivity index (χ3v) is 11.7. The molecular weight excluding hydrogens is 400 g/mol. The Hall–Kier alpha value is -0.546. The van der Waals surface area contributed by atoms with E-state index in [1.807, 2.05) is 26.8 Å². The summed E-state index contributed by atoms with van der Waals surface area (Å²) >= 11 is 0. The molecule has 0 spiro atoms. The van der Waals surface area contributed by atoms with E-state index in [0.717, 1.165) is 37.8 Å². The molecule has 0 radical (unpaired) electrons. The Bertz CT molecular complexity index is 492. The summed E-state index contributed by atoms with van der Waals surface area (Å²) in [5.41, 5.74) is 0. The first-order chi connectivity index (χ1) is 14.1. The summed E-state index contributed by atoms with van der Waals surface area (Å²) in [6.07, 6.45) is 4.46. The average molecular weight is 443 g/mol. The Morgan fingerprint density at radius 1 is 0.552 bits per heavy atom. The lowest BCUT2D eigenvalue weighted by Gasteiger charge is -2.30. The summed E-state index contributed by atoms with van der Waals surface area (Å²) in [6, 6.07) is 12.4. The molecule has 0 N–H and O–H groups in total. The van der Waals surface area contributed by atoms with Gasteiger partial charge >= 0.3 is 17.4 Å². The standard InChI is InChI=1S/C22H42O5Si2/c1-6-23-28(24-7-2,22-18-14-13-15-19-22)20-16-11-12-17-21-29(25-8-3,26-9-4)27-10-5/h13-15,18-19H,6-12,16-17,20-21H2,1-5H3. The third-order valence-electron chi connectivity index (χ3n) is 4.80. The highest BCUT2D eigenvalue weighted by Gasteiger charge is 2.40. The molecule has 0 heterocycles. The van der Waals surface area contributed by atoms with E-state index in [4.69, 9.17) is 22.1 Å². The van der Waals surface area contributed by atoms with Crippen LogP contribution in [0.1, 0.15) is 60.3 Å². The van der Waals surface area contributed by atoms with Crippen LogP contribution < -0.4 is 5.19 Å². The molecule has 0 fully saturated rings. The summed E-state index contributed by atoms with van der Waals surface area (Å²) in [4.78, 5) is 0. The molecule has 29 heavy (non-hydrogen) atoms. The minimum absolute atomic E-state index is 0.639. The van der Waals surface area contributed by atoms with Crippen molar-refractivity contribution in [3.63, 3.8) is 0 Å². The fourth-order valence-electron chi connectivity index (χ4n) is 3.71. The molecule has 0 aliphatic carbocycles. The molecule has 0 aromatic heterocycles. The maximum Gasteiger partial charge on any atom is 0.500 e. The van der Waals surface area contributed by atoms with Crippen molar-refractivity contribution in [2.24, 2.45) is 0 Å². The van der Waals surface area contributed by atoms with Gasteiger partial charge in [-0.1, -0.05) is 49.6 Å². The molecule has 0 atom stereocenters. The van der Waals surface area contributed by atoms with Crippen LogP contribution in [0.15, 0.2) is 30.3 Å². The van der Waals surface area contributed by atoms with Gasteiger partial charge in [0.2, 0.25) is 0 Å². The molecule has 1 aromatic carbocycles. The Morgan fingerprint density at radius 3 is 1.45 bits per heavy atom. The zero-order valence-corrected chi connectivity index (χ0v) is 21.2. The van der Waals surface area contributed by atoms with Crippen molar-refractivity contribution in [1.29, 1.82) is 0 Å². The first kappa shape index (κ1) is 26.5. The Labute approximate surface area is 180 Å². The van der Waals surface area contributed by atoms with E-state index in [1.54, 1.807) is 0 Å². The van der Waals surface area contributed by atoms with Crippen LogP contribution in [-0.2, 0) is 22.1 Å². The summed E-state index contributed by atoms with van der Waals surface area (Å²) in [5, 5.41) is 1.24. The predicted octanol–water partition coefficient (Wildman–Crippen LogP) is 5.02. The van der Waals surface area contributed by atoms with Crippen molar-refractivity contribution in [3.8, 4) is 0 Å². The molecule has 0 aliphatic heterocycles. The molecule has 0 unspecified atom stereocenters. The van der Waals surface area contributed by atoms with E-state index in [9.17, 15) is 0 Å². The summed E-state index contributed by atoms with van der Waals surface area (Å²) in [5.74, 6) is 0. The molecule has 0 amide bonds. The fourth-order valence-corrected chi connectivity index (χ4v) is 9.74. The van der Waals surface area contributed by atoms with Crippen molar-refractivity contribution in [3.05, 3.63) is 30.3 Å². The van der Waals surface area contributed by atoms with Gasteiger partial charge in [0.1, 0.15) is 0 Å². The second kappa shape index (κ2) is 15.3. The molecular formula is C22H42O5Si2. The van der Waals surface area contributed by atoms with Gasteiger partial charge in [0.05, 0.1) is 0 Å². The Kier molecular flexibility index (Phi) is 14.0. The van der Waals surface area contributed by atoms with Gasteiger partial charge < -0.3 is 22.1 Å². The normalized spacial score (nSPS) is 12.4. The molecule has 0 bridgehead atoms. The maximum atomic E-state index is 6.28. The van der Waals surface area contributed by atoms with Gasteiger partial charge in [0.25, 0.3) is 0 Å². The zero-order chi connectivity index (χ0) is 21.4. The summed E-state index contributed by atoms with van der Waals surface area (Å²) in [6.45, 7) is 13.4. The van der Waals surface area contributed by atoms with Crippen LogP contribution in [0.25, 0.3) is 0 Å². The van der Waals surface area contributed by atoms with Crippen molar-refractivity contribution >= 4 is 22.6 Å². The second-order valence-electron chi connectivity index (χ2n) is 6.88. The molecule has 0 saturated carbocycles. The van der Waals surface area contributed by atoms with E-state index >= 15 is 0 Å². The highest BCUT2D eigenvalue weighted by molar-refractivity contribution is 6.81. The quantitative estimate of drug-likeness (QED) is 0.236. The smallest absolute Gasteiger partial charge is 0.391 e. The molecule has 1 rings (SSSR count). The highest BCUT2D eigenvalue weighted by atomic mass is 28.4. The van der Waals surface area contributed by atoms with Gasteiger partial charge in [-0.3, -0.25) is 0 Å². The van der Waals surface area contributed by atoms with E-state index in [1.165, 1.54) is 5.19 Å². The van der Waals surface area contributed by atoms with Crippen molar-refractivity contribution < 1.29 is 22.1 Å². The monoisotopic (exact) mass is 442 g/mol.